The van der Waals surface area contributed by atoms with E-state index in [1.165, 1.54) is 11.8 Å². The van der Waals surface area contributed by atoms with Gasteiger partial charge < -0.3 is 15.4 Å². The van der Waals surface area contributed by atoms with Crippen LogP contribution in [-0.4, -0.2) is 40.8 Å². The number of ether oxygens (including phenoxy) is 1. The highest BCUT2D eigenvalue weighted by atomic mass is 32.2. The Morgan fingerprint density at radius 3 is 2.14 bits per heavy atom. The number of aliphatic imine (C=N–C) groups is 1. The maximum absolute atomic E-state index is 11.5. The Bertz CT molecular complexity index is 861. The Morgan fingerprint density at radius 2 is 1.57 bits per heavy atom. The van der Waals surface area contributed by atoms with Gasteiger partial charge in [0.1, 0.15) is 0 Å². The molecule has 0 aliphatic carbocycles. The van der Waals surface area contributed by atoms with Crippen LogP contribution in [0.4, 0.5) is 0 Å². The lowest BCUT2D eigenvalue weighted by molar-refractivity contribution is 0.134. The predicted octanol–water partition coefficient (Wildman–Crippen LogP) is 2.53. The number of benzene rings is 2. The highest BCUT2D eigenvalue weighted by Crippen LogP contribution is 2.10. The molecule has 0 heterocycles. The van der Waals surface area contributed by atoms with E-state index in [-0.39, 0.29) is 0 Å². The van der Waals surface area contributed by atoms with Crippen molar-refractivity contribution in [3.63, 3.8) is 0 Å². The second kappa shape index (κ2) is 10.8. The van der Waals surface area contributed by atoms with E-state index in [1.54, 1.807) is 19.2 Å². The molecule has 6 nitrogen and oxygen atoms in total. The van der Waals surface area contributed by atoms with Crippen molar-refractivity contribution in [1.82, 2.24) is 10.6 Å². The lowest BCUT2D eigenvalue weighted by Crippen LogP contribution is -2.37. The molecule has 0 bridgehead atoms. The summed E-state index contributed by atoms with van der Waals surface area (Å²) in [4.78, 5) is 4.58. The fraction of sp³-hybridized carbons (Fsp3) is 0.381. The van der Waals surface area contributed by atoms with Gasteiger partial charge in [0.25, 0.3) is 0 Å². The first-order valence-corrected chi connectivity index (χ1v) is 11.2. The molecule has 2 N–H and O–H groups in total. The van der Waals surface area contributed by atoms with Gasteiger partial charge in [0.05, 0.1) is 11.5 Å². The van der Waals surface area contributed by atoms with Gasteiger partial charge in [-0.15, -0.1) is 0 Å². The van der Waals surface area contributed by atoms with Crippen LogP contribution in [0.2, 0.25) is 0 Å². The number of nitrogens with zero attached hydrogens (tertiary/aromatic N) is 1. The van der Waals surface area contributed by atoms with E-state index in [9.17, 15) is 8.42 Å². The minimum Gasteiger partial charge on any atom is -0.377 e. The van der Waals surface area contributed by atoms with Gasteiger partial charge in [-0.1, -0.05) is 36.4 Å². The molecular weight excluding hydrogens is 374 g/mol. The summed E-state index contributed by atoms with van der Waals surface area (Å²) < 4.78 is 28.4. The number of rotatable bonds is 9. The lowest BCUT2D eigenvalue weighted by Gasteiger charge is -2.12. The predicted molar refractivity (Wildman–Crippen MR) is 113 cm³/mol. The van der Waals surface area contributed by atoms with Gasteiger partial charge in [-0.25, -0.2) is 8.42 Å². The smallest absolute Gasteiger partial charge is 0.191 e. The Morgan fingerprint density at radius 1 is 0.964 bits per heavy atom. The van der Waals surface area contributed by atoms with Crippen LogP contribution in [0.15, 0.2) is 58.4 Å². The van der Waals surface area contributed by atoms with Gasteiger partial charge in [0.15, 0.2) is 15.8 Å². The summed E-state index contributed by atoms with van der Waals surface area (Å²) in [5.41, 5.74) is 3.40. The molecule has 0 aliphatic rings. The molecule has 0 aromatic heterocycles. The van der Waals surface area contributed by atoms with Crippen molar-refractivity contribution in [2.24, 2.45) is 4.99 Å². The number of hydrogen-bond acceptors (Lipinski definition) is 4. The van der Waals surface area contributed by atoms with E-state index in [0.717, 1.165) is 23.5 Å². The standard InChI is InChI=1S/C21H29N3O3S/c1-4-27-16-19-7-5-18(6-8-19)15-24-21(22-2)23-14-13-17-9-11-20(12-10-17)28(3,25)26/h5-12H,4,13-16H2,1-3H3,(H2,22,23,24). The molecule has 0 fully saturated rings. The van der Waals surface area contributed by atoms with E-state index in [0.29, 0.717) is 31.2 Å². The normalized spacial score (nSPS) is 12.0. The Kier molecular flexibility index (Phi) is 8.47. The SMILES string of the molecule is CCOCc1ccc(CNC(=NC)NCCc2ccc(S(C)(=O)=O)cc2)cc1. The van der Waals surface area contributed by atoms with Gasteiger partial charge in [-0.2, -0.15) is 0 Å². The molecular formula is C21H29N3O3S. The molecule has 2 aromatic rings. The summed E-state index contributed by atoms with van der Waals surface area (Å²) in [6, 6.07) is 15.3. The molecule has 0 atom stereocenters. The molecule has 7 heteroatoms. The second-order valence-corrected chi connectivity index (χ2v) is 8.49. The third-order valence-corrected chi connectivity index (χ3v) is 5.37. The average molecular weight is 404 g/mol. The molecule has 0 aliphatic heterocycles. The molecule has 2 aromatic carbocycles. The number of nitrogens with one attached hydrogen (secondary N) is 2. The first-order valence-electron chi connectivity index (χ1n) is 9.31. The number of guanidine groups is 1. The van der Waals surface area contributed by atoms with Crippen LogP contribution in [-0.2, 0) is 34.1 Å². The molecule has 0 saturated heterocycles. The minimum absolute atomic E-state index is 0.342. The topological polar surface area (TPSA) is 79.8 Å². The third kappa shape index (κ3) is 7.32. The summed E-state index contributed by atoms with van der Waals surface area (Å²) in [6.07, 6.45) is 1.99. The fourth-order valence-electron chi connectivity index (χ4n) is 2.61. The molecule has 152 valence electrons. The van der Waals surface area contributed by atoms with Crippen LogP contribution in [0.25, 0.3) is 0 Å². The molecule has 0 radical (unpaired) electrons. The maximum atomic E-state index is 11.5. The fourth-order valence-corrected chi connectivity index (χ4v) is 3.24. The maximum Gasteiger partial charge on any atom is 0.191 e. The quantitative estimate of drug-likeness (QED) is 0.497. The van der Waals surface area contributed by atoms with Crippen LogP contribution in [0.3, 0.4) is 0 Å². The van der Waals surface area contributed by atoms with Crippen molar-refractivity contribution >= 4 is 15.8 Å². The highest BCUT2D eigenvalue weighted by Gasteiger charge is 2.06. The zero-order valence-electron chi connectivity index (χ0n) is 16.7. The van der Waals surface area contributed by atoms with Crippen LogP contribution in [0, 0.1) is 0 Å². The highest BCUT2D eigenvalue weighted by molar-refractivity contribution is 7.90. The number of hydrogen-bond donors (Lipinski definition) is 2. The van der Waals surface area contributed by atoms with E-state index < -0.39 is 9.84 Å². The summed E-state index contributed by atoms with van der Waals surface area (Å²) in [5.74, 6) is 0.728. The first-order chi connectivity index (χ1) is 13.4. The Labute approximate surface area is 168 Å². The average Bonchev–Trinajstić information content (AvgIpc) is 2.69. The van der Waals surface area contributed by atoms with Crippen molar-refractivity contribution < 1.29 is 13.2 Å². The zero-order chi connectivity index (χ0) is 20.4. The van der Waals surface area contributed by atoms with Gasteiger partial charge in [-0.3, -0.25) is 4.99 Å². The van der Waals surface area contributed by atoms with Gasteiger partial charge in [-0.05, 0) is 42.2 Å². The second-order valence-electron chi connectivity index (χ2n) is 6.47. The molecule has 2 rings (SSSR count). The molecule has 0 amide bonds. The molecule has 0 unspecified atom stereocenters. The molecule has 28 heavy (non-hydrogen) atoms. The third-order valence-electron chi connectivity index (χ3n) is 4.24. The van der Waals surface area contributed by atoms with E-state index >= 15 is 0 Å². The van der Waals surface area contributed by atoms with Crippen molar-refractivity contribution in [1.29, 1.82) is 0 Å². The van der Waals surface area contributed by atoms with Crippen LogP contribution >= 0.6 is 0 Å². The van der Waals surface area contributed by atoms with E-state index in [4.69, 9.17) is 4.74 Å². The van der Waals surface area contributed by atoms with Crippen LogP contribution in [0.1, 0.15) is 23.6 Å². The van der Waals surface area contributed by atoms with Crippen molar-refractivity contribution in [3.05, 3.63) is 65.2 Å². The lowest BCUT2D eigenvalue weighted by atomic mass is 10.1. The monoisotopic (exact) mass is 403 g/mol. The van der Waals surface area contributed by atoms with Crippen LogP contribution < -0.4 is 10.6 Å². The van der Waals surface area contributed by atoms with Gasteiger partial charge in [0.2, 0.25) is 0 Å². The summed E-state index contributed by atoms with van der Waals surface area (Å²) in [6.45, 7) is 4.72. The van der Waals surface area contributed by atoms with E-state index in [2.05, 4.69) is 39.9 Å². The first kappa shape index (κ1) is 21.9. The van der Waals surface area contributed by atoms with Crippen molar-refractivity contribution in [2.75, 3.05) is 26.5 Å². The molecule has 0 spiro atoms. The summed E-state index contributed by atoms with van der Waals surface area (Å²) in [7, 11) is -1.41. The Hall–Kier alpha value is -2.38. The summed E-state index contributed by atoms with van der Waals surface area (Å²) in [5, 5.41) is 6.56. The molecule has 0 saturated carbocycles. The van der Waals surface area contributed by atoms with Gasteiger partial charge >= 0.3 is 0 Å². The van der Waals surface area contributed by atoms with Crippen LogP contribution in [0.5, 0.6) is 0 Å². The Balaban J connectivity index is 1.77. The van der Waals surface area contributed by atoms with Crippen molar-refractivity contribution in [3.8, 4) is 0 Å². The van der Waals surface area contributed by atoms with E-state index in [1.807, 2.05) is 19.1 Å². The zero-order valence-corrected chi connectivity index (χ0v) is 17.6. The largest absolute Gasteiger partial charge is 0.377 e. The minimum atomic E-state index is -3.15. The van der Waals surface area contributed by atoms with Crippen molar-refractivity contribution in [2.45, 2.75) is 31.4 Å². The summed E-state index contributed by atoms with van der Waals surface area (Å²) >= 11 is 0. The van der Waals surface area contributed by atoms with Gasteiger partial charge in [0, 0.05) is 33.0 Å². The number of sulfone groups is 1.